The predicted molar refractivity (Wildman–Crippen MR) is 39.7 cm³/mol. The summed E-state index contributed by atoms with van der Waals surface area (Å²) in [6.45, 7) is 2.63. The lowest BCUT2D eigenvalue weighted by molar-refractivity contribution is -0.771. The van der Waals surface area contributed by atoms with E-state index in [1.807, 2.05) is 0 Å². The molecule has 0 fully saturated rings. The molecule has 0 saturated carbocycles. The lowest BCUT2D eigenvalue weighted by Gasteiger charge is -2.20. The van der Waals surface area contributed by atoms with Gasteiger partial charge in [0, 0.05) is 5.41 Å². The molecule has 0 aromatic heterocycles. The van der Waals surface area contributed by atoms with Crippen molar-refractivity contribution in [2.75, 3.05) is 13.2 Å². The van der Waals surface area contributed by atoms with Crippen LogP contribution in [0.4, 0.5) is 0 Å². The number of rotatable bonds is 6. The summed E-state index contributed by atoms with van der Waals surface area (Å²) in [5.74, 6) is 0. The minimum absolute atomic E-state index is 0.242. The highest BCUT2D eigenvalue weighted by Crippen LogP contribution is 2.15. The molecule has 76 valence electrons. The molecule has 0 aromatic carbocycles. The molecule has 0 atom stereocenters. The molecule has 0 spiro atoms. The van der Waals surface area contributed by atoms with Crippen molar-refractivity contribution in [1.29, 1.82) is 0 Å². The average Bonchev–Trinajstić information content (AvgIpc) is 1.98. The van der Waals surface area contributed by atoms with Crippen LogP contribution in [0.2, 0.25) is 0 Å². The standard InChI is InChI=1S/C5H10N2O6/c1-5(2,3-12-6(8)9)4-13-7(10)11/h3-4H2,1-2H3. The summed E-state index contributed by atoms with van der Waals surface area (Å²) in [4.78, 5) is 27.7. The molecule has 0 aliphatic carbocycles. The van der Waals surface area contributed by atoms with Crippen molar-refractivity contribution in [2.45, 2.75) is 13.8 Å². The smallest absolute Gasteiger partial charge is 0.294 e. The summed E-state index contributed by atoms with van der Waals surface area (Å²) in [6.07, 6.45) is 0. The Morgan fingerprint density at radius 1 is 1.08 bits per heavy atom. The largest absolute Gasteiger partial charge is 0.313 e. The van der Waals surface area contributed by atoms with Gasteiger partial charge in [0.2, 0.25) is 0 Å². The second-order valence-electron chi connectivity index (χ2n) is 3.16. The van der Waals surface area contributed by atoms with Gasteiger partial charge in [-0.2, -0.15) is 0 Å². The third-order valence-electron chi connectivity index (χ3n) is 1.12. The van der Waals surface area contributed by atoms with Crippen molar-refractivity contribution >= 4 is 0 Å². The molecule has 0 aromatic rings. The van der Waals surface area contributed by atoms with E-state index in [0.29, 0.717) is 0 Å². The van der Waals surface area contributed by atoms with Crippen molar-refractivity contribution in [3.63, 3.8) is 0 Å². The van der Waals surface area contributed by atoms with Crippen molar-refractivity contribution in [3.05, 3.63) is 20.2 Å². The Hall–Kier alpha value is -1.60. The predicted octanol–water partition coefficient (Wildman–Crippen LogP) is 0.429. The van der Waals surface area contributed by atoms with E-state index in [0.717, 1.165) is 0 Å². The quantitative estimate of drug-likeness (QED) is 0.448. The first-order chi connectivity index (χ1) is 5.83. The van der Waals surface area contributed by atoms with Gasteiger partial charge in [-0.25, -0.2) is 0 Å². The minimum Gasteiger partial charge on any atom is -0.313 e. The van der Waals surface area contributed by atoms with Gasteiger partial charge in [0.25, 0.3) is 10.2 Å². The van der Waals surface area contributed by atoms with E-state index in [-0.39, 0.29) is 13.2 Å². The van der Waals surface area contributed by atoms with Crippen LogP contribution in [0.25, 0.3) is 0 Å². The molecule has 8 heteroatoms. The second-order valence-corrected chi connectivity index (χ2v) is 3.16. The van der Waals surface area contributed by atoms with E-state index in [4.69, 9.17) is 0 Å². The lowest BCUT2D eigenvalue weighted by atomic mass is 9.97. The summed E-state index contributed by atoms with van der Waals surface area (Å²) in [5.41, 5.74) is -0.764. The molecule has 0 rings (SSSR count). The SMILES string of the molecule is CC(C)(CO[N+](=O)[O-])CO[N+](=O)[O-]. The lowest BCUT2D eigenvalue weighted by Crippen LogP contribution is -2.28. The first kappa shape index (κ1) is 11.4. The van der Waals surface area contributed by atoms with Crippen LogP contribution in [0.5, 0.6) is 0 Å². The molecule has 0 unspecified atom stereocenters. The van der Waals surface area contributed by atoms with Crippen LogP contribution in [0, 0.1) is 25.6 Å². The zero-order chi connectivity index (χ0) is 10.5. The maximum absolute atomic E-state index is 9.79. The van der Waals surface area contributed by atoms with Crippen LogP contribution in [0.15, 0.2) is 0 Å². The fraction of sp³-hybridized carbons (Fsp3) is 1.00. The van der Waals surface area contributed by atoms with Crippen LogP contribution in [-0.2, 0) is 9.68 Å². The third-order valence-corrected chi connectivity index (χ3v) is 1.12. The van der Waals surface area contributed by atoms with Crippen LogP contribution in [0.1, 0.15) is 13.8 Å². The van der Waals surface area contributed by atoms with Crippen molar-refractivity contribution in [1.82, 2.24) is 0 Å². The highest BCUT2D eigenvalue weighted by Gasteiger charge is 2.21. The second kappa shape index (κ2) is 4.43. The van der Waals surface area contributed by atoms with E-state index < -0.39 is 15.6 Å². The Balaban J connectivity index is 3.79. The highest BCUT2D eigenvalue weighted by atomic mass is 17.0. The molecule has 0 saturated heterocycles. The molecule has 0 heterocycles. The Labute approximate surface area is 73.6 Å². The van der Waals surface area contributed by atoms with Crippen molar-refractivity contribution < 1.29 is 19.8 Å². The first-order valence-electron chi connectivity index (χ1n) is 3.38. The molecule has 0 aliphatic rings. The summed E-state index contributed by atoms with van der Waals surface area (Å²) < 4.78 is 0. The Morgan fingerprint density at radius 2 is 1.38 bits per heavy atom. The zero-order valence-corrected chi connectivity index (χ0v) is 7.26. The summed E-state index contributed by atoms with van der Waals surface area (Å²) in [6, 6.07) is 0. The maximum atomic E-state index is 9.79. The minimum atomic E-state index is -0.950. The molecular formula is C5H10N2O6. The van der Waals surface area contributed by atoms with Gasteiger partial charge in [-0.1, -0.05) is 13.8 Å². The van der Waals surface area contributed by atoms with Gasteiger partial charge in [0.15, 0.2) is 0 Å². The normalized spacial score (nSPS) is 10.6. The van der Waals surface area contributed by atoms with Crippen LogP contribution >= 0.6 is 0 Å². The van der Waals surface area contributed by atoms with Crippen LogP contribution < -0.4 is 0 Å². The monoisotopic (exact) mass is 194 g/mol. The molecule has 8 nitrogen and oxygen atoms in total. The van der Waals surface area contributed by atoms with Gasteiger partial charge >= 0.3 is 0 Å². The molecule has 0 amide bonds. The van der Waals surface area contributed by atoms with Gasteiger partial charge < -0.3 is 9.68 Å². The topological polar surface area (TPSA) is 105 Å². The van der Waals surface area contributed by atoms with Gasteiger partial charge in [0.05, 0.1) is 0 Å². The molecule has 0 N–H and O–H groups in total. The van der Waals surface area contributed by atoms with Crippen molar-refractivity contribution in [3.8, 4) is 0 Å². The molecule has 0 bridgehead atoms. The van der Waals surface area contributed by atoms with Gasteiger partial charge in [-0.3, -0.25) is 0 Å². The number of hydrogen-bond acceptors (Lipinski definition) is 6. The number of nitrogens with zero attached hydrogens (tertiary/aromatic N) is 2. The van der Waals surface area contributed by atoms with Gasteiger partial charge in [-0.15, -0.1) is 20.2 Å². The van der Waals surface area contributed by atoms with Crippen LogP contribution in [-0.4, -0.2) is 23.4 Å². The van der Waals surface area contributed by atoms with Gasteiger partial charge in [0.1, 0.15) is 13.2 Å². The van der Waals surface area contributed by atoms with Gasteiger partial charge in [-0.05, 0) is 0 Å². The Morgan fingerprint density at radius 3 is 1.62 bits per heavy atom. The van der Waals surface area contributed by atoms with Crippen molar-refractivity contribution in [2.24, 2.45) is 5.41 Å². The fourth-order valence-electron chi connectivity index (χ4n) is 0.497. The summed E-state index contributed by atoms with van der Waals surface area (Å²) in [7, 11) is 0. The molecule has 0 aliphatic heterocycles. The fourth-order valence-corrected chi connectivity index (χ4v) is 0.497. The van der Waals surface area contributed by atoms with E-state index in [9.17, 15) is 20.2 Å². The Kier molecular flexibility index (Phi) is 3.89. The Bertz CT molecular complexity index is 183. The summed E-state index contributed by atoms with van der Waals surface area (Å²) in [5, 5.41) is 17.7. The maximum Gasteiger partial charge on any atom is 0.294 e. The van der Waals surface area contributed by atoms with E-state index in [2.05, 4.69) is 9.68 Å². The average molecular weight is 194 g/mol. The first-order valence-corrected chi connectivity index (χ1v) is 3.38. The van der Waals surface area contributed by atoms with E-state index in [1.54, 1.807) is 13.8 Å². The molecule has 13 heavy (non-hydrogen) atoms. The number of hydrogen-bond donors (Lipinski definition) is 0. The zero-order valence-electron chi connectivity index (χ0n) is 7.26. The molecular weight excluding hydrogens is 184 g/mol. The third kappa shape index (κ3) is 6.78. The molecule has 0 radical (unpaired) electrons. The van der Waals surface area contributed by atoms with E-state index >= 15 is 0 Å². The summed E-state index contributed by atoms with van der Waals surface area (Å²) >= 11 is 0. The van der Waals surface area contributed by atoms with E-state index in [1.165, 1.54) is 0 Å². The van der Waals surface area contributed by atoms with Crippen LogP contribution in [0.3, 0.4) is 0 Å². The highest BCUT2D eigenvalue weighted by molar-refractivity contribution is 4.64.